The number of amides is 2. The van der Waals surface area contributed by atoms with Gasteiger partial charge in [0.1, 0.15) is 5.82 Å². The normalized spacial score (nSPS) is 11.0. The highest BCUT2D eigenvalue weighted by atomic mass is 16.2. The van der Waals surface area contributed by atoms with Crippen LogP contribution >= 0.6 is 0 Å². The molecule has 2 aromatic rings. The Morgan fingerprint density at radius 1 is 1.04 bits per heavy atom. The predicted molar refractivity (Wildman–Crippen MR) is 91.5 cm³/mol. The molecule has 1 heterocycles. The SMILES string of the molecule is Cc1cccc(C(=O)Nc2ccc(NC(=O)C(C)(C)C)cn2)c1. The standard InChI is InChI=1S/C18H21N3O2/c1-12-6-5-7-13(10-12)16(22)21-15-9-8-14(11-19-15)20-17(23)18(2,3)4/h5-11H,1-4H3,(H,20,23)(H,19,21,22). The highest BCUT2D eigenvalue weighted by Gasteiger charge is 2.21. The molecule has 0 aliphatic carbocycles. The van der Waals surface area contributed by atoms with Gasteiger partial charge in [0.25, 0.3) is 5.91 Å². The van der Waals surface area contributed by atoms with Gasteiger partial charge in [-0.2, -0.15) is 0 Å². The van der Waals surface area contributed by atoms with Crippen molar-refractivity contribution in [1.82, 2.24) is 4.98 Å². The van der Waals surface area contributed by atoms with E-state index in [1.165, 1.54) is 6.20 Å². The molecule has 2 amide bonds. The molecule has 2 N–H and O–H groups in total. The van der Waals surface area contributed by atoms with E-state index in [2.05, 4.69) is 15.6 Å². The monoisotopic (exact) mass is 311 g/mol. The van der Waals surface area contributed by atoms with Crippen molar-refractivity contribution in [2.24, 2.45) is 5.41 Å². The Labute approximate surface area is 136 Å². The lowest BCUT2D eigenvalue weighted by molar-refractivity contribution is -0.123. The maximum atomic E-state index is 12.1. The van der Waals surface area contributed by atoms with Crippen LogP contribution in [0, 0.1) is 12.3 Å². The first-order valence-corrected chi connectivity index (χ1v) is 7.41. The molecule has 0 aliphatic rings. The van der Waals surface area contributed by atoms with E-state index in [9.17, 15) is 9.59 Å². The van der Waals surface area contributed by atoms with Crippen molar-refractivity contribution in [2.45, 2.75) is 27.7 Å². The van der Waals surface area contributed by atoms with Gasteiger partial charge in [0.05, 0.1) is 11.9 Å². The largest absolute Gasteiger partial charge is 0.324 e. The number of hydrogen-bond donors (Lipinski definition) is 2. The summed E-state index contributed by atoms with van der Waals surface area (Å²) in [5.41, 5.74) is 1.72. The molecule has 0 saturated heterocycles. The number of rotatable bonds is 3. The molecule has 5 heteroatoms. The second-order valence-electron chi connectivity index (χ2n) is 6.46. The van der Waals surface area contributed by atoms with Gasteiger partial charge in [0, 0.05) is 11.0 Å². The van der Waals surface area contributed by atoms with E-state index < -0.39 is 5.41 Å². The first-order chi connectivity index (χ1) is 10.8. The minimum absolute atomic E-state index is 0.0872. The van der Waals surface area contributed by atoms with Crippen LogP contribution in [0.1, 0.15) is 36.7 Å². The Morgan fingerprint density at radius 2 is 1.78 bits per heavy atom. The van der Waals surface area contributed by atoms with E-state index in [0.29, 0.717) is 17.1 Å². The first kappa shape index (κ1) is 16.7. The number of carbonyl (C=O) groups is 2. The van der Waals surface area contributed by atoms with Gasteiger partial charge in [-0.15, -0.1) is 0 Å². The number of nitrogens with zero attached hydrogens (tertiary/aromatic N) is 1. The summed E-state index contributed by atoms with van der Waals surface area (Å²) in [6.07, 6.45) is 1.52. The Balaban J connectivity index is 2.03. The molecule has 1 aromatic carbocycles. The van der Waals surface area contributed by atoms with E-state index in [0.717, 1.165) is 5.56 Å². The van der Waals surface area contributed by atoms with Gasteiger partial charge < -0.3 is 10.6 Å². The van der Waals surface area contributed by atoms with Crippen molar-refractivity contribution in [2.75, 3.05) is 10.6 Å². The maximum Gasteiger partial charge on any atom is 0.256 e. The summed E-state index contributed by atoms with van der Waals surface area (Å²) in [7, 11) is 0. The zero-order valence-electron chi connectivity index (χ0n) is 13.8. The minimum Gasteiger partial charge on any atom is -0.324 e. The van der Waals surface area contributed by atoms with Gasteiger partial charge in [-0.1, -0.05) is 38.5 Å². The number of pyridine rings is 1. The van der Waals surface area contributed by atoms with Crippen molar-refractivity contribution >= 4 is 23.3 Å². The third-order valence-corrected chi connectivity index (χ3v) is 3.22. The van der Waals surface area contributed by atoms with Crippen LogP contribution in [0.5, 0.6) is 0 Å². The van der Waals surface area contributed by atoms with Crippen LogP contribution < -0.4 is 10.6 Å². The predicted octanol–water partition coefficient (Wildman–Crippen LogP) is 3.63. The smallest absolute Gasteiger partial charge is 0.256 e. The van der Waals surface area contributed by atoms with E-state index in [4.69, 9.17) is 0 Å². The Bertz CT molecular complexity index is 716. The molecule has 0 saturated carbocycles. The molecule has 0 bridgehead atoms. The van der Waals surface area contributed by atoms with Crippen LogP contribution in [0.4, 0.5) is 11.5 Å². The highest BCUT2D eigenvalue weighted by Crippen LogP contribution is 2.18. The summed E-state index contributed by atoms with van der Waals surface area (Å²) in [4.78, 5) is 28.2. The summed E-state index contributed by atoms with van der Waals surface area (Å²) in [5, 5.41) is 5.52. The maximum absolute atomic E-state index is 12.1. The number of aromatic nitrogens is 1. The summed E-state index contributed by atoms with van der Waals surface area (Å²) in [6, 6.07) is 10.7. The second-order valence-corrected chi connectivity index (χ2v) is 6.46. The molecule has 0 unspecified atom stereocenters. The molecular formula is C18H21N3O2. The third kappa shape index (κ3) is 4.64. The fourth-order valence-electron chi connectivity index (χ4n) is 1.84. The average Bonchev–Trinajstić information content (AvgIpc) is 2.48. The van der Waals surface area contributed by atoms with Crippen molar-refractivity contribution < 1.29 is 9.59 Å². The van der Waals surface area contributed by atoms with Gasteiger partial charge in [-0.05, 0) is 31.2 Å². The number of benzene rings is 1. The van der Waals surface area contributed by atoms with Crippen LogP contribution in [-0.4, -0.2) is 16.8 Å². The zero-order chi connectivity index (χ0) is 17.0. The van der Waals surface area contributed by atoms with Crippen molar-refractivity contribution in [3.8, 4) is 0 Å². The Hall–Kier alpha value is -2.69. The molecule has 0 aliphatic heterocycles. The van der Waals surface area contributed by atoms with E-state index in [1.807, 2.05) is 45.9 Å². The summed E-state index contributed by atoms with van der Waals surface area (Å²) in [6.45, 7) is 7.45. The minimum atomic E-state index is -0.474. The number of hydrogen-bond acceptors (Lipinski definition) is 3. The van der Waals surface area contributed by atoms with E-state index in [-0.39, 0.29) is 11.8 Å². The second kappa shape index (κ2) is 6.60. The molecule has 120 valence electrons. The number of carbonyl (C=O) groups excluding carboxylic acids is 2. The molecule has 5 nitrogen and oxygen atoms in total. The average molecular weight is 311 g/mol. The molecule has 0 atom stereocenters. The lowest BCUT2D eigenvalue weighted by Crippen LogP contribution is -2.27. The quantitative estimate of drug-likeness (QED) is 0.909. The van der Waals surface area contributed by atoms with Crippen molar-refractivity contribution in [1.29, 1.82) is 0 Å². The molecule has 0 spiro atoms. The number of anilines is 2. The van der Waals surface area contributed by atoms with Crippen molar-refractivity contribution in [3.05, 3.63) is 53.7 Å². The fraction of sp³-hybridized carbons (Fsp3) is 0.278. The summed E-state index contributed by atoms with van der Waals surface area (Å²) < 4.78 is 0. The van der Waals surface area contributed by atoms with Gasteiger partial charge in [-0.25, -0.2) is 4.98 Å². The highest BCUT2D eigenvalue weighted by molar-refractivity contribution is 6.04. The molecule has 23 heavy (non-hydrogen) atoms. The van der Waals surface area contributed by atoms with Gasteiger partial charge in [-0.3, -0.25) is 9.59 Å². The van der Waals surface area contributed by atoms with Gasteiger partial charge in [0.15, 0.2) is 0 Å². The molecule has 1 aromatic heterocycles. The number of nitrogens with one attached hydrogen (secondary N) is 2. The van der Waals surface area contributed by atoms with Crippen LogP contribution in [0.15, 0.2) is 42.6 Å². The van der Waals surface area contributed by atoms with Crippen LogP contribution in [0.25, 0.3) is 0 Å². The van der Waals surface area contributed by atoms with E-state index in [1.54, 1.807) is 18.2 Å². The van der Waals surface area contributed by atoms with Gasteiger partial charge in [0.2, 0.25) is 5.91 Å². The zero-order valence-corrected chi connectivity index (χ0v) is 13.8. The summed E-state index contributed by atoms with van der Waals surface area (Å²) in [5.74, 6) is 0.133. The first-order valence-electron chi connectivity index (χ1n) is 7.41. The lowest BCUT2D eigenvalue weighted by Gasteiger charge is -2.17. The summed E-state index contributed by atoms with van der Waals surface area (Å²) >= 11 is 0. The lowest BCUT2D eigenvalue weighted by atomic mass is 9.96. The van der Waals surface area contributed by atoms with Crippen LogP contribution in [0.2, 0.25) is 0 Å². The van der Waals surface area contributed by atoms with Gasteiger partial charge >= 0.3 is 0 Å². The fourth-order valence-corrected chi connectivity index (χ4v) is 1.84. The van der Waals surface area contributed by atoms with Crippen LogP contribution in [-0.2, 0) is 4.79 Å². The molecular weight excluding hydrogens is 290 g/mol. The van der Waals surface area contributed by atoms with Crippen molar-refractivity contribution in [3.63, 3.8) is 0 Å². The molecule has 0 fully saturated rings. The van der Waals surface area contributed by atoms with E-state index >= 15 is 0 Å². The Morgan fingerprint density at radius 3 is 2.35 bits per heavy atom. The Kier molecular flexibility index (Phi) is 4.79. The van der Waals surface area contributed by atoms with Crippen LogP contribution in [0.3, 0.4) is 0 Å². The molecule has 0 radical (unpaired) electrons. The number of aryl methyl sites for hydroxylation is 1. The molecule has 2 rings (SSSR count). The topological polar surface area (TPSA) is 71.1 Å². The third-order valence-electron chi connectivity index (χ3n) is 3.22.